The third-order valence-electron chi connectivity index (χ3n) is 8.37. The van der Waals surface area contributed by atoms with Crippen molar-refractivity contribution in [3.8, 4) is 38.6 Å². The minimum absolute atomic E-state index is 0.0872. The summed E-state index contributed by atoms with van der Waals surface area (Å²) in [6.45, 7) is 2.61. The highest BCUT2D eigenvalue weighted by molar-refractivity contribution is 7.22. The quantitative estimate of drug-likeness (QED) is 0.225. The van der Waals surface area contributed by atoms with Gasteiger partial charge in [0.25, 0.3) is 0 Å². The number of aliphatic carboxylic acids is 1. The van der Waals surface area contributed by atoms with Crippen molar-refractivity contribution < 1.29 is 14.6 Å². The summed E-state index contributed by atoms with van der Waals surface area (Å²) in [5, 5.41) is 17.3. The van der Waals surface area contributed by atoms with E-state index in [0.717, 1.165) is 88.1 Å². The minimum atomic E-state index is -0.870. The summed E-state index contributed by atoms with van der Waals surface area (Å²) in [5.74, 6) is -0.0474. The molecule has 8 heteroatoms. The Labute approximate surface area is 251 Å². The predicted octanol–water partition coefficient (Wildman–Crippen LogP) is 7.60. The molecule has 43 heavy (non-hydrogen) atoms. The number of ether oxygens (including phenoxy) is 1. The molecule has 7 nitrogen and oxygen atoms in total. The molecule has 4 heterocycles. The number of pyridine rings is 1. The molecule has 1 aliphatic rings. The van der Waals surface area contributed by atoms with Crippen molar-refractivity contribution in [3.63, 3.8) is 0 Å². The van der Waals surface area contributed by atoms with Crippen LogP contribution in [0, 0.1) is 6.92 Å². The summed E-state index contributed by atoms with van der Waals surface area (Å²) >= 11 is 1.59. The van der Waals surface area contributed by atoms with Gasteiger partial charge in [-0.1, -0.05) is 24.3 Å². The van der Waals surface area contributed by atoms with Crippen molar-refractivity contribution in [2.75, 3.05) is 6.61 Å². The number of nitrogens with zero attached hydrogens (tertiary/aromatic N) is 4. The van der Waals surface area contributed by atoms with Gasteiger partial charge in [-0.05, 0) is 77.2 Å². The van der Waals surface area contributed by atoms with Crippen LogP contribution in [0.3, 0.4) is 0 Å². The van der Waals surface area contributed by atoms with E-state index < -0.39 is 5.97 Å². The topological polar surface area (TPSA) is 90.1 Å². The molecule has 0 spiro atoms. The monoisotopic (exact) mass is 582 g/mol. The van der Waals surface area contributed by atoms with Crippen molar-refractivity contribution in [2.45, 2.75) is 19.8 Å². The number of aryl methyl sites for hydroxylation is 2. The van der Waals surface area contributed by atoms with Crippen LogP contribution < -0.4 is 4.74 Å². The maximum absolute atomic E-state index is 12.1. The van der Waals surface area contributed by atoms with Crippen molar-refractivity contribution in [1.82, 2.24) is 19.7 Å². The second kappa shape index (κ2) is 9.74. The van der Waals surface area contributed by atoms with Crippen molar-refractivity contribution in [1.29, 1.82) is 0 Å². The minimum Gasteiger partial charge on any atom is -0.493 e. The molecule has 0 radical (unpaired) electrons. The fraction of sp³-hybridized carbons (Fsp3) is 0.143. The van der Waals surface area contributed by atoms with E-state index in [4.69, 9.17) is 14.7 Å². The van der Waals surface area contributed by atoms with Crippen LogP contribution in [0.25, 0.3) is 64.8 Å². The summed E-state index contributed by atoms with van der Waals surface area (Å²) in [6, 6.07) is 22.9. The molecule has 0 saturated carbocycles. The van der Waals surface area contributed by atoms with Crippen LogP contribution in [-0.4, -0.2) is 37.4 Å². The van der Waals surface area contributed by atoms with Gasteiger partial charge in [-0.2, -0.15) is 5.10 Å². The highest BCUT2D eigenvalue weighted by atomic mass is 32.1. The van der Waals surface area contributed by atoms with Crippen LogP contribution in [0.4, 0.5) is 0 Å². The molecule has 0 bridgehead atoms. The van der Waals surface area contributed by atoms with Crippen LogP contribution in [0.5, 0.6) is 5.75 Å². The average molecular weight is 583 g/mol. The maximum atomic E-state index is 12.1. The number of fused-ring (bicyclic) bond motifs is 2. The molecule has 3 aromatic heterocycles. The standard InChI is InChI=1S/C35H26N4O3S/c1-19-14-27-34(32(26(19)17-30(40)41)25-7-9-29-31-20(11-13-42-29)10-12-36-33(25)31)43-35(38-27)23-5-3-4-21(15-23)22-6-8-28-24(16-22)18-37-39(28)2/h3-10,12,14-16,18H,11,13,17H2,1-2H3,(H,40,41). The maximum Gasteiger partial charge on any atom is 0.307 e. The summed E-state index contributed by atoms with van der Waals surface area (Å²) in [6.07, 6.45) is 4.45. The molecule has 0 unspecified atom stereocenters. The van der Waals surface area contributed by atoms with Crippen molar-refractivity contribution in [2.24, 2.45) is 7.05 Å². The first-order valence-corrected chi connectivity index (χ1v) is 15.0. The zero-order chi connectivity index (χ0) is 29.2. The molecule has 8 rings (SSSR count). The fourth-order valence-corrected chi connectivity index (χ4v) is 7.43. The SMILES string of the molecule is Cc1cc2nc(-c3cccc(-c4ccc5c(cnn5C)c4)c3)sc2c(-c2ccc3c4c(ccnc24)CCO3)c1CC(=O)O. The molecule has 0 amide bonds. The second-order valence-corrected chi connectivity index (χ2v) is 12.0. The van der Waals surface area contributed by atoms with Gasteiger partial charge < -0.3 is 9.84 Å². The van der Waals surface area contributed by atoms with Crippen LogP contribution in [0.1, 0.15) is 16.7 Å². The Hall–Kier alpha value is -5.08. The molecule has 1 aliphatic heterocycles. The van der Waals surface area contributed by atoms with Gasteiger partial charge in [0.05, 0.1) is 40.5 Å². The lowest BCUT2D eigenvalue weighted by molar-refractivity contribution is -0.136. The third-order valence-corrected chi connectivity index (χ3v) is 9.50. The highest BCUT2D eigenvalue weighted by Gasteiger charge is 2.24. The zero-order valence-electron chi connectivity index (χ0n) is 23.6. The molecule has 0 aliphatic carbocycles. The Morgan fingerprint density at radius 2 is 1.91 bits per heavy atom. The summed E-state index contributed by atoms with van der Waals surface area (Å²) in [5.41, 5.74) is 10.7. The largest absolute Gasteiger partial charge is 0.493 e. The molecular weight excluding hydrogens is 556 g/mol. The molecule has 1 N–H and O–H groups in total. The molecule has 7 aromatic rings. The Bertz CT molecular complexity index is 2260. The molecule has 0 saturated heterocycles. The predicted molar refractivity (Wildman–Crippen MR) is 171 cm³/mol. The Balaban J connectivity index is 1.33. The van der Waals surface area contributed by atoms with Gasteiger partial charge in [-0.3, -0.25) is 14.5 Å². The first-order chi connectivity index (χ1) is 20.9. The number of benzene rings is 4. The number of hydrogen-bond acceptors (Lipinski definition) is 6. The van der Waals surface area contributed by atoms with Gasteiger partial charge in [0, 0.05) is 47.1 Å². The van der Waals surface area contributed by atoms with E-state index in [9.17, 15) is 9.90 Å². The number of rotatable bonds is 5. The van der Waals surface area contributed by atoms with Gasteiger partial charge in [0.2, 0.25) is 0 Å². The molecule has 4 aromatic carbocycles. The first-order valence-electron chi connectivity index (χ1n) is 14.2. The number of hydrogen-bond donors (Lipinski definition) is 1. The summed E-state index contributed by atoms with van der Waals surface area (Å²) < 4.78 is 8.81. The normalized spacial score (nSPS) is 12.7. The molecule has 210 valence electrons. The molecular formula is C35H26N4O3S. The Morgan fingerprint density at radius 3 is 2.79 bits per heavy atom. The van der Waals surface area contributed by atoms with E-state index in [1.807, 2.05) is 55.3 Å². The van der Waals surface area contributed by atoms with E-state index >= 15 is 0 Å². The van der Waals surface area contributed by atoms with Crippen LogP contribution in [0.15, 0.2) is 79.1 Å². The first kappa shape index (κ1) is 25.6. The smallest absolute Gasteiger partial charge is 0.307 e. The highest BCUT2D eigenvalue weighted by Crippen LogP contribution is 2.45. The van der Waals surface area contributed by atoms with E-state index in [-0.39, 0.29) is 6.42 Å². The van der Waals surface area contributed by atoms with Gasteiger partial charge in [0.1, 0.15) is 10.8 Å². The average Bonchev–Trinajstić information content (AvgIpc) is 3.61. The number of carboxylic acid groups (broad SMARTS) is 1. The number of carboxylic acids is 1. The fourth-order valence-electron chi connectivity index (χ4n) is 6.30. The molecule has 0 fully saturated rings. The van der Waals surface area contributed by atoms with E-state index in [0.29, 0.717) is 6.61 Å². The number of aromatic nitrogens is 4. The summed E-state index contributed by atoms with van der Waals surface area (Å²) in [7, 11) is 1.95. The summed E-state index contributed by atoms with van der Waals surface area (Å²) in [4.78, 5) is 22.0. The van der Waals surface area contributed by atoms with Crippen molar-refractivity contribution >= 4 is 49.3 Å². The lowest BCUT2D eigenvalue weighted by Crippen LogP contribution is -2.09. The van der Waals surface area contributed by atoms with Crippen LogP contribution in [-0.2, 0) is 24.7 Å². The van der Waals surface area contributed by atoms with E-state index in [1.54, 1.807) is 11.3 Å². The lowest BCUT2D eigenvalue weighted by Gasteiger charge is -2.21. The van der Waals surface area contributed by atoms with Gasteiger partial charge in [0.15, 0.2) is 0 Å². The number of thiazole rings is 1. The van der Waals surface area contributed by atoms with Gasteiger partial charge in [-0.15, -0.1) is 11.3 Å². The zero-order valence-corrected chi connectivity index (χ0v) is 24.4. The van der Waals surface area contributed by atoms with E-state index in [1.165, 1.54) is 5.56 Å². The van der Waals surface area contributed by atoms with Crippen molar-refractivity contribution in [3.05, 3.63) is 95.8 Å². The number of carbonyl (C=O) groups is 1. The Morgan fingerprint density at radius 1 is 1.05 bits per heavy atom. The molecule has 0 atom stereocenters. The van der Waals surface area contributed by atoms with Gasteiger partial charge >= 0.3 is 5.97 Å². The van der Waals surface area contributed by atoms with Crippen LogP contribution >= 0.6 is 11.3 Å². The van der Waals surface area contributed by atoms with Crippen LogP contribution in [0.2, 0.25) is 0 Å². The van der Waals surface area contributed by atoms with Gasteiger partial charge in [-0.25, -0.2) is 4.98 Å². The third kappa shape index (κ3) is 4.17. The Kier molecular flexibility index (Phi) is 5.80. The lowest BCUT2D eigenvalue weighted by atomic mass is 9.90. The second-order valence-electron chi connectivity index (χ2n) is 11.0. The van der Waals surface area contributed by atoms with E-state index in [2.05, 4.69) is 47.6 Å².